The van der Waals surface area contributed by atoms with Crippen molar-refractivity contribution in [1.29, 1.82) is 0 Å². The number of nitrogens with one attached hydrogen (secondary N) is 1. The van der Waals surface area contributed by atoms with Crippen molar-refractivity contribution in [3.05, 3.63) is 75.0 Å². The molecule has 5 rings (SSSR count). The molecule has 0 aliphatic carbocycles. The molecule has 1 aliphatic rings. The Kier molecular flexibility index (Phi) is 4.98. The lowest BCUT2D eigenvalue weighted by Crippen LogP contribution is -2.37. The summed E-state index contributed by atoms with van der Waals surface area (Å²) in [5.74, 6) is -0.188. The second-order valence-corrected chi connectivity index (χ2v) is 8.21. The van der Waals surface area contributed by atoms with E-state index in [1.807, 2.05) is 0 Å². The van der Waals surface area contributed by atoms with Crippen molar-refractivity contribution in [3.8, 4) is 5.75 Å². The number of ether oxygens (including phenoxy) is 1. The maximum absolute atomic E-state index is 13.1. The summed E-state index contributed by atoms with van der Waals surface area (Å²) in [6, 6.07) is 9.92. The first-order chi connectivity index (χ1) is 15.5. The van der Waals surface area contributed by atoms with Crippen LogP contribution < -0.4 is 15.7 Å². The molecule has 0 saturated carbocycles. The maximum Gasteiger partial charge on any atom is 0.349 e. The normalized spacial score (nSPS) is 13.1. The Morgan fingerprint density at radius 1 is 1.25 bits per heavy atom. The van der Waals surface area contributed by atoms with Crippen molar-refractivity contribution >= 4 is 39.3 Å². The number of hydrogen-bond donors (Lipinski definition) is 1. The minimum Gasteiger partial charge on any atom is -0.493 e. The fraction of sp³-hybridized carbons (Fsp3) is 0.182. The van der Waals surface area contributed by atoms with Gasteiger partial charge in [-0.1, -0.05) is 23.5 Å². The molecule has 4 aromatic rings. The van der Waals surface area contributed by atoms with Crippen molar-refractivity contribution < 1.29 is 23.2 Å². The van der Waals surface area contributed by atoms with Crippen molar-refractivity contribution in [1.82, 2.24) is 9.88 Å². The van der Waals surface area contributed by atoms with Crippen LogP contribution in [0, 0.1) is 0 Å². The van der Waals surface area contributed by atoms with Crippen molar-refractivity contribution in [3.63, 3.8) is 0 Å². The van der Waals surface area contributed by atoms with Gasteiger partial charge in [0.15, 0.2) is 22.2 Å². The second kappa shape index (κ2) is 7.97. The van der Waals surface area contributed by atoms with Crippen LogP contribution in [0.25, 0.3) is 11.0 Å². The lowest BCUT2D eigenvalue weighted by molar-refractivity contribution is 0.0732. The van der Waals surface area contributed by atoms with Gasteiger partial charge in [0.1, 0.15) is 5.56 Å². The number of rotatable bonds is 4. The molecule has 32 heavy (non-hydrogen) atoms. The highest BCUT2D eigenvalue weighted by molar-refractivity contribution is 7.15. The molecule has 0 spiro atoms. The summed E-state index contributed by atoms with van der Waals surface area (Å²) >= 11 is 1.29. The largest absolute Gasteiger partial charge is 0.493 e. The Morgan fingerprint density at radius 3 is 2.91 bits per heavy atom. The molecule has 1 aromatic carbocycles. The van der Waals surface area contributed by atoms with Gasteiger partial charge in [0.05, 0.1) is 25.6 Å². The number of carbonyl (C=O) groups excluding carboxylic acids is 2. The molecule has 0 fully saturated rings. The number of amides is 2. The van der Waals surface area contributed by atoms with Gasteiger partial charge >= 0.3 is 5.63 Å². The molecule has 2 amide bonds. The number of benzene rings is 1. The fourth-order valence-electron chi connectivity index (χ4n) is 3.59. The average molecular weight is 451 g/mol. The third-order valence-electron chi connectivity index (χ3n) is 5.16. The summed E-state index contributed by atoms with van der Waals surface area (Å²) in [7, 11) is 1.49. The van der Waals surface area contributed by atoms with Gasteiger partial charge in [-0.25, -0.2) is 9.78 Å². The van der Waals surface area contributed by atoms with Gasteiger partial charge in [-0.15, -0.1) is 0 Å². The number of thiazole rings is 1. The van der Waals surface area contributed by atoms with Crippen LogP contribution in [0.3, 0.4) is 0 Å². The maximum atomic E-state index is 13.1. The van der Waals surface area contributed by atoms with Crippen LogP contribution in [0.5, 0.6) is 5.75 Å². The van der Waals surface area contributed by atoms with E-state index in [1.165, 1.54) is 30.8 Å². The van der Waals surface area contributed by atoms with Gasteiger partial charge in [0.2, 0.25) is 0 Å². The number of aromatic nitrogens is 1. The zero-order chi connectivity index (χ0) is 22.2. The first kappa shape index (κ1) is 20.0. The number of hydrogen-bond acceptors (Lipinski definition) is 8. The molecular formula is C22H17N3O6S. The SMILES string of the molecule is COc1cccc2cc(C(=O)N3CCc4nc(NC(=O)c5ccco5)sc4C3)c(=O)oc12. The van der Waals surface area contributed by atoms with Crippen LogP contribution >= 0.6 is 11.3 Å². The molecule has 4 heterocycles. The topological polar surface area (TPSA) is 115 Å². The van der Waals surface area contributed by atoms with Gasteiger partial charge in [-0.05, 0) is 24.3 Å². The lowest BCUT2D eigenvalue weighted by atomic mass is 10.1. The molecule has 3 aromatic heterocycles. The van der Waals surface area contributed by atoms with Crippen LogP contribution in [0.4, 0.5) is 5.13 Å². The molecule has 10 heteroatoms. The van der Waals surface area contributed by atoms with E-state index < -0.39 is 17.4 Å². The van der Waals surface area contributed by atoms with Crippen LogP contribution in [-0.4, -0.2) is 35.4 Å². The van der Waals surface area contributed by atoms with E-state index >= 15 is 0 Å². The number of carbonyl (C=O) groups is 2. The van der Waals surface area contributed by atoms with Gasteiger partial charge in [-0.2, -0.15) is 0 Å². The van der Waals surface area contributed by atoms with Gasteiger partial charge < -0.3 is 18.5 Å². The summed E-state index contributed by atoms with van der Waals surface area (Å²) in [6.07, 6.45) is 1.94. The molecule has 0 atom stereocenters. The monoisotopic (exact) mass is 451 g/mol. The Balaban J connectivity index is 1.37. The first-order valence-electron chi connectivity index (χ1n) is 9.77. The number of fused-ring (bicyclic) bond motifs is 2. The molecule has 1 aliphatic heterocycles. The van der Waals surface area contributed by atoms with Gasteiger partial charge in [-0.3, -0.25) is 14.9 Å². The summed E-state index contributed by atoms with van der Waals surface area (Å²) < 4.78 is 15.7. The molecule has 0 bridgehead atoms. The Bertz CT molecular complexity index is 1390. The van der Waals surface area contributed by atoms with Gasteiger partial charge in [0, 0.05) is 23.2 Å². The molecule has 162 valence electrons. The minimum absolute atomic E-state index is 0.0370. The Hall–Kier alpha value is -3.92. The summed E-state index contributed by atoms with van der Waals surface area (Å²) in [4.78, 5) is 44.7. The summed E-state index contributed by atoms with van der Waals surface area (Å²) in [5.41, 5.74) is 0.375. The summed E-state index contributed by atoms with van der Waals surface area (Å²) in [5, 5.41) is 3.75. The zero-order valence-corrected chi connectivity index (χ0v) is 17.7. The van der Waals surface area contributed by atoms with E-state index in [-0.39, 0.29) is 17.9 Å². The van der Waals surface area contributed by atoms with E-state index in [1.54, 1.807) is 35.2 Å². The van der Waals surface area contributed by atoms with Crippen LogP contribution in [0.15, 0.2) is 56.3 Å². The van der Waals surface area contributed by atoms with E-state index in [9.17, 15) is 14.4 Å². The fourth-order valence-corrected chi connectivity index (χ4v) is 4.61. The number of nitrogens with zero attached hydrogens (tertiary/aromatic N) is 2. The Morgan fingerprint density at radius 2 is 2.12 bits per heavy atom. The minimum atomic E-state index is -0.714. The Labute approximate surface area is 185 Å². The highest BCUT2D eigenvalue weighted by Gasteiger charge is 2.28. The van der Waals surface area contributed by atoms with Crippen molar-refractivity contribution in [2.24, 2.45) is 0 Å². The second-order valence-electron chi connectivity index (χ2n) is 7.12. The molecule has 0 unspecified atom stereocenters. The predicted molar refractivity (Wildman–Crippen MR) is 116 cm³/mol. The van der Waals surface area contributed by atoms with Crippen molar-refractivity contribution in [2.45, 2.75) is 13.0 Å². The molecule has 0 saturated heterocycles. The molecule has 0 radical (unpaired) electrons. The molecule has 1 N–H and O–H groups in total. The number of anilines is 1. The third kappa shape index (κ3) is 3.54. The highest BCUT2D eigenvalue weighted by Crippen LogP contribution is 2.30. The van der Waals surface area contributed by atoms with Crippen LogP contribution in [0.2, 0.25) is 0 Å². The van der Waals surface area contributed by atoms with Crippen LogP contribution in [-0.2, 0) is 13.0 Å². The zero-order valence-electron chi connectivity index (χ0n) is 16.9. The lowest BCUT2D eigenvalue weighted by Gasteiger charge is -2.25. The van der Waals surface area contributed by atoms with E-state index in [0.717, 1.165) is 10.6 Å². The van der Waals surface area contributed by atoms with Gasteiger partial charge in [0.25, 0.3) is 11.8 Å². The van der Waals surface area contributed by atoms with Crippen LogP contribution in [0.1, 0.15) is 31.5 Å². The highest BCUT2D eigenvalue weighted by atomic mass is 32.1. The number of furan rings is 1. The van der Waals surface area contributed by atoms with Crippen molar-refractivity contribution in [2.75, 3.05) is 19.0 Å². The first-order valence-corrected chi connectivity index (χ1v) is 10.6. The smallest absolute Gasteiger partial charge is 0.349 e. The van der Waals surface area contributed by atoms with E-state index in [2.05, 4.69) is 10.3 Å². The number of para-hydroxylation sites is 1. The summed E-state index contributed by atoms with van der Waals surface area (Å²) in [6.45, 7) is 0.689. The number of methoxy groups -OCH3 is 1. The molecular weight excluding hydrogens is 434 g/mol. The quantitative estimate of drug-likeness (QED) is 0.474. The van der Waals surface area contributed by atoms with E-state index in [0.29, 0.717) is 34.8 Å². The standard InChI is InChI=1S/C22H17N3O6S/c1-29-15-5-2-4-12-10-13(21(28)31-18(12)15)20(27)25-8-7-14-17(11-25)32-22(23-14)24-19(26)16-6-3-9-30-16/h2-6,9-10H,7-8,11H2,1H3,(H,23,24,26). The average Bonchev–Trinajstić information content (AvgIpc) is 3.47. The predicted octanol–water partition coefficient (Wildman–Crippen LogP) is 3.30. The third-order valence-corrected chi connectivity index (χ3v) is 6.16. The molecule has 9 nitrogen and oxygen atoms in total. The van der Waals surface area contributed by atoms with E-state index in [4.69, 9.17) is 13.6 Å².